The van der Waals surface area contributed by atoms with Crippen LogP contribution in [-0.4, -0.2) is 47.6 Å². The Bertz CT molecular complexity index is 1340. The van der Waals surface area contributed by atoms with Crippen molar-refractivity contribution >= 4 is 23.4 Å². The summed E-state index contributed by atoms with van der Waals surface area (Å²) in [6.07, 6.45) is 4.61. The zero-order valence-electron chi connectivity index (χ0n) is 23.1. The highest BCUT2D eigenvalue weighted by Crippen LogP contribution is 2.32. The lowest BCUT2D eigenvalue weighted by Crippen LogP contribution is -2.42. The number of carboxylic acids is 1. The molecule has 1 atom stereocenters. The van der Waals surface area contributed by atoms with Crippen LogP contribution < -0.4 is 15.5 Å². The highest BCUT2D eigenvalue weighted by molar-refractivity contribution is 5.99. The van der Waals surface area contributed by atoms with Gasteiger partial charge in [0.05, 0.1) is 0 Å². The van der Waals surface area contributed by atoms with Gasteiger partial charge in [-0.05, 0) is 86.9 Å². The van der Waals surface area contributed by atoms with E-state index in [0.29, 0.717) is 11.5 Å². The Morgan fingerprint density at radius 1 is 1.05 bits per heavy atom. The molecule has 0 bridgehead atoms. The smallest absolute Gasteiger partial charge is 0.326 e. The third-order valence-electron chi connectivity index (χ3n) is 8.08. The Morgan fingerprint density at radius 3 is 2.41 bits per heavy atom. The predicted octanol–water partition coefficient (Wildman–Crippen LogP) is 5.17. The number of aliphatic carboxylic acids is 1. The van der Waals surface area contributed by atoms with Gasteiger partial charge in [-0.3, -0.25) is 4.79 Å². The maximum atomic E-state index is 13.0. The van der Waals surface area contributed by atoms with Crippen molar-refractivity contribution in [2.45, 2.75) is 64.8 Å². The second-order valence-electron chi connectivity index (χ2n) is 11.0. The van der Waals surface area contributed by atoms with Crippen molar-refractivity contribution in [2.24, 2.45) is 0 Å². The summed E-state index contributed by atoms with van der Waals surface area (Å²) in [7, 11) is 0. The van der Waals surface area contributed by atoms with E-state index in [1.165, 1.54) is 17.7 Å². The number of aromatic nitrogens is 1. The largest absolute Gasteiger partial charge is 0.480 e. The summed E-state index contributed by atoms with van der Waals surface area (Å²) >= 11 is 0. The minimum absolute atomic E-state index is 0.228. The van der Waals surface area contributed by atoms with E-state index in [1.54, 1.807) is 0 Å². The van der Waals surface area contributed by atoms with Gasteiger partial charge < -0.3 is 20.6 Å². The van der Waals surface area contributed by atoms with Crippen molar-refractivity contribution in [2.75, 3.05) is 29.9 Å². The first kappa shape index (κ1) is 26.7. The van der Waals surface area contributed by atoms with E-state index >= 15 is 0 Å². The monoisotopic (exact) mass is 526 g/mol. The Labute approximate surface area is 230 Å². The molecule has 204 valence electrons. The highest BCUT2D eigenvalue weighted by atomic mass is 16.4. The third kappa shape index (κ3) is 6.08. The predicted molar refractivity (Wildman–Crippen MR) is 155 cm³/mol. The normalized spacial score (nSPS) is 16.2. The number of carboxylic acid groups (broad SMARTS) is 1. The zero-order chi connectivity index (χ0) is 27.5. The van der Waals surface area contributed by atoms with Crippen LogP contribution in [0.25, 0.3) is 0 Å². The van der Waals surface area contributed by atoms with Crippen LogP contribution in [0.5, 0.6) is 0 Å². The first-order valence-corrected chi connectivity index (χ1v) is 14.0. The Balaban J connectivity index is 1.19. The van der Waals surface area contributed by atoms with Gasteiger partial charge in [-0.1, -0.05) is 35.9 Å². The lowest BCUT2D eigenvalue weighted by atomic mass is 9.92. The van der Waals surface area contributed by atoms with E-state index in [2.05, 4.69) is 39.8 Å². The average molecular weight is 527 g/mol. The standard InChI is InChI=1S/C32H38N4O3/c1-20-17-21(2)29(22(3)18-20)31(37)35-28(32(38)39)19-23-6-9-26(10-7-23)36-15-12-24(13-16-36)27-11-8-25-5-4-14-33-30(25)34-27/h6-11,17-18,24,28H,4-5,12-16,19H2,1-3H3,(H,33,34)(H,35,37)(H,38,39). The quantitative estimate of drug-likeness (QED) is 0.393. The summed E-state index contributed by atoms with van der Waals surface area (Å²) in [4.78, 5) is 32.3. The van der Waals surface area contributed by atoms with Gasteiger partial charge in [0.1, 0.15) is 11.9 Å². The minimum Gasteiger partial charge on any atom is -0.480 e. The van der Waals surface area contributed by atoms with Gasteiger partial charge in [0.2, 0.25) is 0 Å². The fraction of sp³-hybridized carbons (Fsp3) is 0.406. The van der Waals surface area contributed by atoms with E-state index in [4.69, 9.17) is 4.98 Å². The molecule has 0 radical (unpaired) electrons. The average Bonchev–Trinajstić information content (AvgIpc) is 2.92. The lowest BCUT2D eigenvalue weighted by molar-refractivity contribution is -0.139. The molecule has 39 heavy (non-hydrogen) atoms. The summed E-state index contributed by atoms with van der Waals surface area (Å²) < 4.78 is 0. The van der Waals surface area contributed by atoms with Crippen LogP contribution >= 0.6 is 0 Å². The van der Waals surface area contributed by atoms with E-state index in [0.717, 1.165) is 72.7 Å². The molecule has 2 aliphatic rings. The van der Waals surface area contributed by atoms with Crippen molar-refractivity contribution in [3.05, 3.63) is 87.6 Å². The molecule has 3 heterocycles. The first-order valence-electron chi connectivity index (χ1n) is 14.0. The molecule has 7 nitrogen and oxygen atoms in total. The molecule has 2 aliphatic heterocycles. The SMILES string of the molecule is Cc1cc(C)c(C(=O)NC(Cc2ccc(N3CCC(c4ccc5c(n4)NCCC5)CC3)cc2)C(=O)O)c(C)c1. The molecule has 1 fully saturated rings. The number of hydrogen-bond donors (Lipinski definition) is 3. The molecule has 7 heteroatoms. The number of carbonyl (C=O) groups excluding carboxylic acids is 1. The number of benzene rings is 2. The Hall–Kier alpha value is -3.87. The van der Waals surface area contributed by atoms with Crippen molar-refractivity contribution in [3.8, 4) is 0 Å². The number of amides is 1. The molecule has 1 unspecified atom stereocenters. The van der Waals surface area contributed by atoms with Crippen molar-refractivity contribution < 1.29 is 14.7 Å². The number of anilines is 2. The second-order valence-corrected chi connectivity index (χ2v) is 11.0. The van der Waals surface area contributed by atoms with Gasteiger partial charge >= 0.3 is 5.97 Å². The fourth-order valence-corrected chi connectivity index (χ4v) is 6.05. The number of nitrogens with zero attached hydrogens (tertiary/aromatic N) is 2. The summed E-state index contributed by atoms with van der Waals surface area (Å²) in [5, 5.41) is 16.0. The number of aryl methyl sites for hydroxylation is 4. The molecule has 0 aliphatic carbocycles. The van der Waals surface area contributed by atoms with Crippen LogP contribution in [0.15, 0.2) is 48.5 Å². The van der Waals surface area contributed by atoms with Gasteiger partial charge in [-0.15, -0.1) is 0 Å². The van der Waals surface area contributed by atoms with Crippen LogP contribution in [0.3, 0.4) is 0 Å². The molecule has 2 aromatic carbocycles. The number of nitrogens with one attached hydrogen (secondary N) is 2. The number of pyridine rings is 1. The van der Waals surface area contributed by atoms with Crippen LogP contribution in [0.2, 0.25) is 0 Å². The molecule has 0 spiro atoms. The van der Waals surface area contributed by atoms with Crippen molar-refractivity contribution in [3.63, 3.8) is 0 Å². The summed E-state index contributed by atoms with van der Waals surface area (Å²) in [6, 6.07) is 15.4. The number of carbonyl (C=O) groups is 2. The molecule has 3 aromatic rings. The number of piperidine rings is 1. The molecular weight excluding hydrogens is 488 g/mol. The first-order chi connectivity index (χ1) is 18.8. The maximum absolute atomic E-state index is 13.0. The van der Waals surface area contributed by atoms with E-state index in [-0.39, 0.29) is 12.3 Å². The van der Waals surface area contributed by atoms with Crippen LogP contribution in [-0.2, 0) is 17.6 Å². The molecule has 1 aromatic heterocycles. The maximum Gasteiger partial charge on any atom is 0.326 e. The Morgan fingerprint density at radius 2 is 1.74 bits per heavy atom. The summed E-state index contributed by atoms with van der Waals surface area (Å²) in [5.41, 5.74) is 7.86. The highest BCUT2D eigenvalue weighted by Gasteiger charge is 2.25. The molecule has 5 rings (SSSR count). The van der Waals surface area contributed by atoms with E-state index in [9.17, 15) is 14.7 Å². The van der Waals surface area contributed by atoms with Crippen molar-refractivity contribution in [1.29, 1.82) is 0 Å². The molecular formula is C32H38N4O3. The van der Waals surface area contributed by atoms with Crippen molar-refractivity contribution in [1.82, 2.24) is 10.3 Å². The third-order valence-corrected chi connectivity index (χ3v) is 8.08. The molecule has 1 amide bonds. The van der Waals surface area contributed by atoms with Gasteiger partial charge in [-0.2, -0.15) is 0 Å². The van der Waals surface area contributed by atoms with Crippen LogP contribution in [0.1, 0.15) is 69.0 Å². The number of fused-ring (bicyclic) bond motifs is 1. The summed E-state index contributed by atoms with van der Waals surface area (Å²) in [5.74, 6) is 0.149. The van der Waals surface area contributed by atoms with Gasteiger partial charge in [0.25, 0.3) is 5.91 Å². The Kier molecular flexibility index (Phi) is 7.87. The molecule has 0 saturated carbocycles. The zero-order valence-corrected chi connectivity index (χ0v) is 23.1. The lowest BCUT2D eigenvalue weighted by Gasteiger charge is -2.34. The second kappa shape index (κ2) is 11.5. The topological polar surface area (TPSA) is 94.6 Å². The fourth-order valence-electron chi connectivity index (χ4n) is 6.05. The number of hydrogen-bond acceptors (Lipinski definition) is 5. The van der Waals surface area contributed by atoms with Gasteiger partial charge in [-0.25, -0.2) is 9.78 Å². The number of rotatable bonds is 7. The van der Waals surface area contributed by atoms with E-state index in [1.807, 2.05) is 45.0 Å². The summed E-state index contributed by atoms with van der Waals surface area (Å²) in [6.45, 7) is 8.67. The van der Waals surface area contributed by atoms with Gasteiger partial charge in [0, 0.05) is 48.9 Å². The molecule has 3 N–H and O–H groups in total. The van der Waals surface area contributed by atoms with Crippen LogP contribution in [0, 0.1) is 20.8 Å². The van der Waals surface area contributed by atoms with E-state index < -0.39 is 12.0 Å². The molecule has 1 saturated heterocycles. The minimum atomic E-state index is -1.04. The van der Waals surface area contributed by atoms with Crippen LogP contribution in [0.4, 0.5) is 11.5 Å². The van der Waals surface area contributed by atoms with Gasteiger partial charge in [0.15, 0.2) is 0 Å².